The molecule has 1 aliphatic rings. The van der Waals surface area contributed by atoms with Crippen LogP contribution in [0.15, 0.2) is 48.7 Å². The van der Waals surface area contributed by atoms with Crippen LogP contribution in [-0.4, -0.2) is 24.0 Å². The topological polar surface area (TPSA) is 59.2 Å². The minimum Gasteiger partial charge on any atom is -0.330 e. The number of hydrogen-bond donors (Lipinski definition) is 1. The smallest absolute Gasteiger partial charge is 0.227 e. The van der Waals surface area contributed by atoms with Crippen LogP contribution in [-0.2, 0) is 4.79 Å². The summed E-state index contributed by atoms with van der Waals surface area (Å²) in [6.07, 6.45) is 6.29. The Morgan fingerprint density at radius 2 is 2.14 bits per heavy atom. The molecule has 1 fully saturated rings. The first-order valence-electron chi connectivity index (χ1n) is 7.46. The summed E-state index contributed by atoms with van der Waals surface area (Å²) < 4.78 is 0. The molecule has 2 aromatic rings. The van der Waals surface area contributed by atoms with E-state index in [1.165, 1.54) is 0 Å². The molecule has 0 bridgehead atoms. The van der Waals surface area contributed by atoms with Gasteiger partial charge in [-0.2, -0.15) is 0 Å². The van der Waals surface area contributed by atoms with Gasteiger partial charge in [0.2, 0.25) is 5.91 Å². The van der Waals surface area contributed by atoms with E-state index in [0.717, 1.165) is 16.9 Å². The monoisotopic (exact) mass is 293 g/mol. The van der Waals surface area contributed by atoms with Crippen LogP contribution in [0.3, 0.4) is 0 Å². The predicted octanol–water partition coefficient (Wildman–Crippen LogP) is 2.56. The van der Waals surface area contributed by atoms with Gasteiger partial charge >= 0.3 is 0 Å². The van der Waals surface area contributed by atoms with Crippen molar-refractivity contribution in [2.45, 2.75) is 6.42 Å². The summed E-state index contributed by atoms with van der Waals surface area (Å²) in [6.45, 7) is 1.27. The van der Waals surface area contributed by atoms with Gasteiger partial charge < -0.3 is 10.6 Å². The van der Waals surface area contributed by atoms with E-state index >= 15 is 0 Å². The van der Waals surface area contributed by atoms with Crippen molar-refractivity contribution in [2.24, 2.45) is 11.7 Å². The van der Waals surface area contributed by atoms with Crippen LogP contribution in [0.5, 0.6) is 0 Å². The first-order valence-corrected chi connectivity index (χ1v) is 7.46. The fourth-order valence-corrected chi connectivity index (χ4v) is 2.64. The number of carbonyl (C=O) groups excluding carboxylic acids is 1. The number of nitrogens with two attached hydrogens (primary N) is 1. The molecule has 0 saturated carbocycles. The predicted molar refractivity (Wildman–Crippen MR) is 89.1 cm³/mol. The molecule has 4 nitrogen and oxygen atoms in total. The zero-order chi connectivity index (χ0) is 15.4. The Morgan fingerprint density at radius 1 is 1.23 bits per heavy atom. The summed E-state index contributed by atoms with van der Waals surface area (Å²) in [5.74, 6) is 0.418. The number of rotatable bonds is 4. The lowest BCUT2D eigenvalue weighted by atomic mass is 10.1. The van der Waals surface area contributed by atoms with Crippen LogP contribution >= 0.6 is 0 Å². The third kappa shape index (κ3) is 3.23. The summed E-state index contributed by atoms with van der Waals surface area (Å²) >= 11 is 0. The maximum absolute atomic E-state index is 12.1. The van der Waals surface area contributed by atoms with Gasteiger partial charge in [-0.3, -0.25) is 9.78 Å². The molecule has 0 radical (unpaired) electrons. The second-order valence-corrected chi connectivity index (χ2v) is 5.49. The molecule has 1 saturated heterocycles. The summed E-state index contributed by atoms with van der Waals surface area (Å²) in [5.41, 5.74) is 8.57. The van der Waals surface area contributed by atoms with Gasteiger partial charge in [-0.25, -0.2) is 0 Å². The molecule has 1 atom stereocenters. The normalized spacial score (nSPS) is 18.3. The Bertz CT molecular complexity index is 682. The molecule has 0 aliphatic carbocycles. The first kappa shape index (κ1) is 14.5. The molecule has 2 N–H and O–H groups in total. The van der Waals surface area contributed by atoms with Gasteiger partial charge in [-0.05, 0) is 48.4 Å². The number of benzene rings is 1. The largest absolute Gasteiger partial charge is 0.330 e. The van der Waals surface area contributed by atoms with Crippen LogP contribution in [0.25, 0.3) is 12.2 Å². The number of hydrogen-bond acceptors (Lipinski definition) is 3. The van der Waals surface area contributed by atoms with Crippen molar-refractivity contribution in [3.63, 3.8) is 0 Å². The number of anilines is 1. The quantitative estimate of drug-likeness (QED) is 0.942. The summed E-state index contributed by atoms with van der Waals surface area (Å²) in [4.78, 5) is 18.2. The fraction of sp³-hybridized carbons (Fsp3) is 0.222. The van der Waals surface area contributed by atoms with E-state index in [0.29, 0.717) is 19.5 Å². The van der Waals surface area contributed by atoms with E-state index < -0.39 is 0 Å². The van der Waals surface area contributed by atoms with Crippen molar-refractivity contribution >= 4 is 23.7 Å². The number of amides is 1. The Kier molecular flexibility index (Phi) is 4.30. The standard InChI is InChI=1S/C18H19N3O/c19-12-15-11-18(22)21(13-15)17-6-3-4-14(10-17)7-8-16-5-1-2-9-20-16/h1-10,15H,11-13,19H2. The molecule has 1 amide bonds. The van der Waals surface area contributed by atoms with Crippen LogP contribution in [0.2, 0.25) is 0 Å². The van der Waals surface area contributed by atoms with Crippen molar-refractivity contribution < 1.29 is 4.79 Å². The maximum atomic E-state index is 12.1. The van der Waals surface area contributed by atoms with E-state index in [9.17, 15) is 4.79 Å². The van der Waals surface area contributed by atoms with E-state index in [1.807, 2.05) is 59.5 Å². The number of nitrogens with zero attached hydrogens (tertiary/aromatic N) is 2. The van der Waals surface area contributed by atoms with Gasteiger partial charge in [-0.1, -0.05) is 24.3 Å². The average molecular weight is 293 g/mol. The second-order valence-electron chi connectivity index (χ2n) is 5.49. The average Bonchev–Trinajstić information content (AvgIpc) is 2.95. The van der Waals surface area contributed by atoms with Gasteiger partial charge in [0.05, 0.1) is 5.69 Å². The van der Waals surface area contributed by atoms with E-state index in [2.05, 4.69) is 4.98 Å². The van der Waals surface area contributed by atoms with Gasteiger partial charge in [0.25, 0.3) is 0 Å². The third-order valence-corrected chi connectivity index (χ3v) is 3.85. The Morgan fingerprint density at radius 3 is 2.86 bits per heavy atom. The van der Waals surface area contributed by atoms with Crippen LogP contribution in [0, 0.1) is 5.92 Å². The Hall–Kier alpha value is -2.46. The molecule has 112 valence electrons. The molecule has 1 aromatic heterocycles. The van der Waals surface area contributed by atoms with Crippen molar-refractivity contribution in [1.82, 2.24) is 4.98 Å². The lowest BCUT2D eigenvalue weighted by Gasteiger charge is -2.17. The molecule has 22 heavy (non-hydrogen) atoms. The minimum absolute atomic E-state index is 0.154. The molecule has 1 unspecified atom stereocenters. The SMILES string of the molecule is NCC1CC(=O)N(c2cccc(C=Cc3ccccn3)c2)C1. The Balaban J connectivity index is 1.78. The van der Waals surface area contributed by atoms with E-state index in [-0.39, 0.29) is 11.8 Å². The number of carbonyl (C=O) groups is 1. The Labute approximate surface area is 130 Å². The highest BCUT2D eigenvalue weighted by Crippen LogP contribution is 2.25. The van der Waals surface area contributed by atoms with Crippen molar-refractivity contribution in [3.05, 3.63) is 59.9 Å². The third-order valence-electron chi connectivity index (χ3n) is 3.85. The summed E-state index contributed by atoms with van der Waals surface area (Å²) in [5, 5.41) is 0. The molecular weight excluding hydrogens is 274 g/mol. The number of aromatic nitrogens is 1. The van der Waals surface area contributed by atoms with E-state index in [1.54, 1.807) is 6.20 Å². The molecule has 2 heterocycles. The van der Waals surface area contributed by atoms with Gasteiger partial charge in [0, 0.05) is 24.8 Å². The minimum atomic E-state index is 0.154. The lowest BCUT2D eigenvalue weighted by Crippen LogP contribution is -2.25. The molecule has 0 spiro atoms. The zero-order valence-corrected chi connectivity index (χ0v) is 12.4. The number of pyridine rings is 1. The zero-order valence-electron chi connectivity index (χ0n) is 12.4. The van der Waals surface area contributed by atoms with Crippen molar-refractivity contribution in [3.8, 4) is 0 Å². The van der Waals surface area contributed by atoms with Crippen LogP contribution < -0.4 is 10.6 Å². The first-order chi connectivity index (χ1) is 10.8. The molecule has 3 rings (SSSR count). The fourth-order valence-electron chi connectivity index (χ4n) is 2.64. The van der Waals surface area contributed by atoms with Gasteiger partial charge in [0.15, 0.2) is 0 Å². The maximum Gasteiger partial charge on any atom is 0.227 e. The van der Waals surface area contributed by atoms with Crippen LogP contribution in [0.4, 0.5) is 5.69 Å². The van der Waals surface area contributed by atoms with Crippen molar-refractivity contribution in [2.75, 3.05) is 18.0 Å². The molecular formula is C18H19N3O. The highest BCUT2D eigenvalue weighted by atomic mass is 16.2. The van der Waals surface area contributed by atoms with Gasteiger partial charge in [0.1, 0.15) is 0 Å². The van der Waals surface area contributed by atoms with Crippen LogP contribution in [0.1, 0.15) is 17.7 Å². The van der Waals surface area contributed by atoms with Gasteiger partial charge in [-0.15, -0.1) is 0 Å². The lowest BCUT2D eigenvalue weighted by molar-refractivity contribution is -0.117. The second kappa shape index (κ2) is 6.54. The molecule has 1 aromatic carbocycles. The molecule has 1 aliphatic heterocycles. The molecule has 4 heteroatoms. The highest BCUT2D eigenvalue weighted by Gasteiger charge is 2.29. The van der Waals surface area contributed by atoms with Crippen molar-refractivity contribution in [1.29, 1.82) is 0 Å². The summed E-state index contributed by atoms with van der Waals surface area (Å²) in [7, 11) is 0. The summed E-state index contributed by atoms with van der Waals surface area (Å²) in [6, 6.07) is 13.8. The van der Waals surface area contributed by atoms with E-state index in [4.69, 9.17) is 5.73 Å². The highest BCUT2D eigenvalue weighted by molar-refractivity contribution is 5.96.